The van der Waals surface area contributed by atoms with Crippen LogP contribution in [0.4, 0.5) is 0 Å². The van der Waals surface area contributed by atoms with Crippen LogP contribution < -0.4 is 21.3 Å². The maximum atomic E-state index is 11.7. The molecule has 0 fully saturated rings. The number of hydrogen-bond acceptors (Lipinski definition) is 5. The number of nitrogens with one attached hydrogen (secondary N) is 4. The third kappa shape index (κ3) is 9.07. The number of hydrogen-bond donors (Lipinski definition) is 5. The van der Waals surface area contributed by atoms with Gasteiger partial charge in [0.25, 0.3) is 0 Å². The molecule has 0 heterocycles. The second-order valence-electron chi connectivity index (χ2n) is 5.91. The Bertz CT molecular complexity index is 449. The lowest BCUT2D eigenvalue weighted by atomic mass is 9.96. The Hall–Kier alpha value is -1.77. The third-order valence-electron chi connectivity index (χ3n) is 2.72. The minimum absolute atomic E-state index is 0.146. The summed E-state index contributed by atoms with van der Waals surface area (Å²) in [4.78, 5) is 46.5. The standard InChI is InChI=1S/C14H26N4O4S/c1-5-15-12(21)9(8-23)18-11(20)7-16-10(19)6-17-13(22)14(2,3)4/h9,23H,5-8H2,1-4H3,(H,15,21)(H,16,19)(H,17,22)(H,18,20). The van der Waals surface area contributed by atoms with Crippen molar-refractivity contribution in [1.82, 2.24) is 21.3 Å². The molecule has 0 bridgehead atoms. The number of carbonyl (C=O) groups excluding carboxylic acids is 4. The minimum atomic E-state index is -0.761. The van der Waals surface area contributed by atoms with Gasteiger partial charge in [0, 0.05) is 17.7 Å². The summed E-state index contributed by atoms with van der Waals surface area (Å²) >= 11 is 4.00. The molecule has 23 heavy (non-hydrogen) atoms. The highest BCUT2D eigenvalue weighted by Crippen LogP contribution is 2.11. The van der Waals surface area contributed by atoms with Gasteiger partial charge in [0.2, 0.25) is 23.6 Å². The maximum Gasteiger partial charge on any atom is 0.243 e. The van der Waals surface area contributed by atoms with E-state index in [0.717, 1.165) is 0 Å². The summed E-state index contributed by atoms with van der Waals surface area (Å²) in [6.45, 7) is 6.90. The SMILES string of the molecule is CCNC(=O)C(CS)NC(=O)CNC(=O)CNC(=O)C(C)(C)C. The van der Waals surface area contributed by atoms with Crippen LogP contribution in [0.15, 0.2) is 0 Å². The molecule has 0 radical (unpaired) electrons. The van der Waals surface area contributed by atoms with Crippen molar-refractivity contribution in [3.63, 3.8) is 0 Å². The van der Waals surface area contributed by atoms with E-state index in [-0.39, 0.29) is 30.7 Å². The molecule has 4 amide bonds. The molecule has 0 spiro atoms. The molecule has 0 aliphatic heterocycles. The summed E-state index contributed by atoms with van der Waals surface area (Å²) in [5, 5.41) is 9.88. The van der Waals surface area contributed by atoms with Gasteiger partial charge in [-0.1, -0.05) is 20.8 Å². The Morgan fingerprint density at radius 1 is 0.957 bits per heavy atom. The van der Waals surface area contributed by atoms with Gasteiger partial charge in [-0.3, -0.25) is 19.2 Å². The normalized spacial score (nSPS) is 12.0. The first-order valence-corrected chi connectivity index (χ1v) is 7.98. The number of amides is 4. The fourth-order valence-corrected chi connectivity index (χ4v) is 1.66. The molecule has 4 N–H and O–H groups in total. The summed E-state index contributed by atoms with van der Waals surface area (Å²) in [6.07, 6.45) is 0. The molecule has 0 aromatic heterocycles. The smallest absolute Gasteiger partial charge is 0.243 e. The summed E-state index contributed by atoms with van der Waals surface area (Å²) in [5.41, 5.74) is -0.593. The summed E-state index contributed by atoms with van der Waals surface area (Å²) in [5.74, 6) is -1.44. The third-order valence-corrected chi connectivity index (χ3v) is 3.09. The van der Waals surface area contributed by atoms with Crippen LogP contribution in [0.3, 0.4) is 0 Å². The lowest BCUT2D eigenvalue weighted by molar-refractivity contribution is -0.132. The van der Waals surface area contributed by atoms with Gasteiger partial charge in [-0.15, -0.1) is 0 Å². The van der Waals surface area contributed by atoms with Crippen LogP contribution in [0.2, 0.25) is 0 Å². The zero-order valence-electron chi connectivity index (χ0n) is 14.0. The number of rotatable bonds is 8. The van der Waals surface area contributed by atoms with Crippen LogP contribution >= 0.6 is 12.6 Å². The molecule has 1 atom stereocenters. The van der Waals surface area contributed by atoms with Crippen molar-refractivity contribution >= 4 is 36.3 Å². The van der Waals surface area contributed by atoms with Crippen LogP contribution in [-0.4, -0.2) is 55.1 Å². The monoisotopic (exact) mass is 346 g/mol. The van der Waals surface area contributed by atoms with Crippen LogP contribution in [0.25, 0.3) is 0 Å². The van der Waals surface area contributed by atoms with Gasteiger partial charge in [0.05, 0.1) is 13.1 Å². The second-order valence-corrected chi connectivity index (χ2v) is 6.27. The molecule has 0 saturated heterocycles. The molecule has 0 aromatic rings. The first kappa shape index (κ1) is 21.2. The molecule has 132 valence electrons. The first-order valence-electron chi connectivity index (χ1n) is 7.34. The Balaban J connectivity index is 4.15. The van der Waals surface area contributed by atoms with Gasteiger partial charge in [-0.05, 0) is 6.92 Å². The van der Waals surface area contributed by atoms with E-state index < -0.39 is 23.3 Å². The van der Waals surface area contributed by atoms with Gasteiger partial charge in [-0.25, -0.2) is 0 Å². The zero-order valence-corrected chi connectivity index (χ0v) is 14.9. The van der Waals surface area contributed by atoms with Gasteiger partial charge in [-0.2, -0.15) is 12.6 Å². The second kappa shape index (κ2) is 10.1. The van der Waals surface area contributed by atoms with Crippen LogP contribution in [-0.2, 0) is 19.2 Å². The number of likely N-dealkylation sites (N-methyl/N-ethyl adjacent to an activating group) is 1. The van der Waals surface area contributed by atoms with E-state index in [0.29, 0.717) is 6.54 Å². The highest BCUT2D eigenvalue weighted by Gasteiger charge is 2.22. The van der Waals surface area contributed by atoms with Gasteiger partial charge in [0.15, 0.2) is 0 Å². The Kier molecular flexibility index (Phi) is 9.31. The van der Waals surface area contributed by atoms with E-state index in [2.05, 4.69) is 33.9 Å². The van der Waals surface area contributed by atoms with Gasteiger partial charge >= 0.3 is 0 Å². The number of thiol groups is 1. The van der Waals surface area contributed by atoms with Gasteiger partial charge < -0.3 is 21.3 Å². The molecular formula is C14H26N4O4S. The van der Waals surface area contributed by atoms with E-state index in [1.807, 2.05) is 0 Å². The highest BCUT2D eigenvalue weighted by molar-refractivity contribution is 7.80. The maximum absolute atomic E-state index is 11.7. The van der Waals surface area contributed by atoms with Crippen molar-refractivity contribution in [2.45, 2.75) is 33.7 Å². The average Bonchev–Trinajstić information content (AvgIpc) is 2.47. The molecule has 0 rings (SSSR count). The molecule has 0 saturated carbocycles. The summed E-state index contributed by atoms with van der Waals surface area (Å²) in [6, 6.07) is -0.761. The fourth-order valence-electron chi connectivity index (χ4n) is 1.40. The highest BCUT2D eigenvalue weighted by atomic mass is 32.1. The van der Waals surface area contributed by atoms with Crippen molar-refractivity contribution in [3.05, 3.63) is 0 Å². The Morgan fingerprint density at radius 2 is 1.52 bits per heavy atom. The lowest BCUT2D eigenvalue weighted by Gasteiger charge is -2.18. The predicted molar refractivity (Wildman–Crippen MR) is 89.9 cm³/mol. The molecule has 0 aromatic carbocycles. The van der Waals surface area contributed by atoms with E-state index in [4.69, 9.17) is 0 Å². The number of carbonyl (C=O) groups is 4. The molecule has 9 heteroatoms. The molecule has 0 aliphatic carbocycles. The molecule has 0 aliphatic rings. The topological polar surface area (TPSA) is 116 Å². The fraction of sp³-hybridized carbons (Fsp3) is 0.714. The van der Waals surface area contributed by atoms with Crippen LogP contribution in [0.5, 0.6) is 0 Å². The summed E-state index contributed by atoms with van der Waals surface area (Å²) in [7, 11) is 0. The predicted octanol–water partition coefficient (Wildman–Crippen LogP) is -1.18. The first-order chi connectivity index (χ1) is 10.6. The zero-order chi connectivity index (χ0) is 18.0. The largest absolute Gasteiger partial charge is 0.355 e. The van der Waals surface area contributed by atoms with E-state index in [1.165, 1.54) is 0 Å². The van der Waals surface area contributed by atoms with Crippen molar-refractivity contribution < 1.29 is 19.2 Å². The molecule has 1 unspecified atom stereocenters. The Morgan fingerprint density at radius 3 is 2.00 bits per heavy atom. The van der Waals surface area contributed by atoms with Crippen molar-refractivity contribution in [1.29, 1.82) is 0 Å². The Labute approximate surface area is 141 Å². The molecule has 8 nitrogen and oxygen atoms in total. The van der Waals surface area contributed by atoms with Crippen LogP contribution in [0.1, 0.15) is 27.7 Å². The van der Waals surface area contributed by atoms with E-state index in [9.17, 15) is 19.2 Å². The minimum Gasteiger partial charge on any atom is -0.355 e. The van der Waals surface area contributed by atoms with E-state index >= 15 is 0 Å². The lowest BCUT2D eigenvalue weighted by Crippen LogP contribution is -2.51. The van der Waals surface area contributed by atoms with Crippen molar-refractivity contribution in [2.75, 3.05) is 25.4 Å². The van der Waals surface area contributed by atoms with Crippen LogP contribution in [0, 0.1) is 5.41 Å². The quantitative estimate of drug-likeness (QED) is 0.356. The van der Waals surface area contributed by atoms with Gasteiger partial charge in [0.1, 0.15) is 6.04 Å². The average molecular weight is 346 g/mol. The van der Waals surface area contributed by atoms with Crippen molar-refractivity contribution in [2.24, 2.45) is 5.41 Å². The summed E-state index contributed by atoms with van der Waals surface area (Å²) < 4.78 is 0. The molecular weight excluding hydrogens is 320 g/mol. The van der Waals surface area contributed by atoms with Crippen molar-refractivity contribution in [3.8, 4) is 0 Å². The van der Waals surface area contributed by atoms with E-state index in [1.54, 1.807) is 27.7 Å².